The van der Waals surface area contributed by atoms with Gasteiger partial charge in [0.15, 0.2) is 5.65 Å². The van der Waals surface area contributed by atoms with Crippen LogP contribution in [0.2, 0.25) is 10.0 Å². The molecule has 0 atom stereocenters. The van der Waals surface area contributed by atoms with Gasteiger partial charge in [-0.25, -0.2) is 4.98 Å². The van der Waals surface area contributed by atoms with Crippen molar-refractivity contribution in [1.82, 2.24) is 13.5 Å². The molecule has 1 fully saturated rings. The number of halogens is 2. The van der Waals surface area contributed by atoms with Crippen LogP contribution in [-0.4, -0.2) is 38.1 Å². The van der Waals surface area contributed by atoms with Crippen molar-refractivity contribution < 1.29 is 0 Å². The van der Waals surface area contributed by atoms with Crippen LogP contribution in [0.3, 0.4) is 0 Å². The molecule has 0 aliphatic carbocycles. The zero-order valence-electron chi connectivity index (χ0n) is 17.0. The summed E-state index contributed by atoms with van der Waals surface area (Å²) in [6.07, 6.45) is 5.62. The van der Waals surface area contributed by atoms with Gasteiger partial charge in [-0.3, -0.25) is 8.77 Å². The highest BCUT2D eigenvalue weighted by atomic mass is 35.5. The van der Waals surface area contributed by atoms with Crippen LogP contribution < -0.4 is 10.5 Å². The first-order valence-electron chi connectivity index (χ1n) is 10.2. The van der Waals surface area contributed by atoms with Crippen LogP contribution in [0.5, 0.6) is 0 Å². The molecule has 0 radical (unpaired) electrons. The topological polar surface area (TPSA) is 43.1 Å². The van der Waals surface area contributed by atoms with E-state index in [0.717, 1.165) is 58.0 Å². The molecule has 0 unspecified atom stereocenters. The minimum atomic E-state index is -0.0918. The summed E-state index contributed by atoms with van der Waals surface area (Å²) in [6.45, 7) is 2.45. The van der Waals surface area contributed by atoms with Gasteiger partial charge < -0.3 is 9.47 Å². The van der Waals surface area contributed by atoms with E-state index in [1.807, 2.05) is 36.3 Å². The summed E-state index contributed by atoms with van der Waals surface area (Å²) >= 11 is 18.6. The SMILES string of the molecule is O=c1cc(-c2cn(S)c3ncc(N4CCSCC4)cc23)ccn1Cc1ccc(Cl)c(Cl)c1. The number of rotatable bonds is 4. The lowest BCUT2D eigenvalue weighted by Crippen LogP contribution is -2.32. The summed E-state index contributed by atoms with van der Waals surface area (Å²) in [7, 11) is 0. The largest absolute Gasteiger partial charge is 0.369 e. The van der Waals surface area contributed by atoms with Gasteiger partial charge >= 0.3 is 0 Å². The van der Waals surface area contributed by atoms with Crippen molar-refractivity contribution in [2.45, 2.75) is 6.54 Å². The number of pyridine rings is 2. The lowest BCUT2D eigenvalue weighted by Gasteiger charge is -2.28. The molecule has 9 heteroatoms. The smallest absolute Gasteiger partial charge is 0.251 e. The molecule has 1 aromatic carbocycles. The van der Waals surface area contributed by atoms with Gasteiger partial charge in [0.25, 0.3) is 5.56 Å². The number of anilines is 1. The Morgan fingerprint density at radius 2 is 1.88 bits per heavy atom. The fourth-order valence-electron chi connectivity index (χ4n) is 3.95. The second-order valence-electron chi connectivity index (χ2n) is 7.68. The van der Waals surface area contributed by atoms with Crippen molar-refractivity contribution >= 4 is 64.5 Å². The van der Waals surface area contributed by atoms with Crippen molar-refractivity contribution in [3.8, 4) is 11.1 Å². The lowest BCUT2D eigenvalue weighted by atomic mass is 10.1. The fourth-order valence-corrected chi connectivity index (χ4v) is 5.44. The standard InChI is InChI=1S/C23H20Cl2N4OS2/c24-20-2-1-15(9-21(20)25)13-28-4-3-16(10-22(28)30)19-14-29(31)23-18(19)11-17(12-26-23)27-5-7-32-8-6-27/h1-4,9-12,14,31H,5-8,13H2. The monoisotopic (exact) mass is 502 g/mol. The first kappa shape index (κ1) is 21.8. The molecule has 0 N–H and O–H groups in total. The van der Waals surface area contributed by atoms with Gasteiger partial charge in [-0.15, -0.1) is 0 Å². The molecule has 0 saturated carbocycles. The Bertz CT molecular complexity index is 1360. The second-order valence-corrected chi connectivity index (χ2v) is 10.2. The van der Waals surface area contributed by atoms with Crippen LogP contribution in [0.15, 0.2) is 59.8 Å². The summed E-state index contributed by atoms with van der Waals surface area (Å²) in [6, 6.07) is 11.2. The minimum absolute atomic E-state index is 0.0918. The average Bonchev–Trinajstić information content (AvgIpc) is 3.14. The minimum Gasteiger partial charge on any atom is -0.369 e. The van der Waals surface area contributed by atoms with Gasteiger partial charge in [0.1, 0.15) is 0 Å². The van der Waals surface area contributed by atoms with Crippen molar-refractivity contribution in [2.24, 2.45) is 0 Å². The van der Waals surface area contributed by atoms with Crippen molar-refractivity contribution in [1.29, 1.82) is 0 Å². The van der Waals surface area contributed by atoms with E-state index >= 15 is 0 Å². The van der Waals surface area contributed by atoms with E-state index in [-0.39, 0.29) is 5.56 Å². The predicted octanol–water partition coefficient (Wildman–Crippen LogP) is 5.47. The molecule has 0 bridgehead atoms. The first-order chi connectivity index (χ1) is 15.5. The number of thioether (sulfide) groups is 1. The summed E-state index contributed by atoms with van der Waals surface area (Å²) in [5.41, 5.74) is 4.48. The normalized spacial score (nSPS) is 14.3. The maximum atomic E-state index is 12.9. The number of hydrogen-bond donors (Lipinski definition) is 1. The van der Waals surface area contributed by atoms with Gasteiger partial charge in [0.05, 0.1) is 28.5 Å². The van der Waals surface area contributed by atoms with E-state index in [1.54, 1.807) is 32.9 Å². The molecule has 4 aromatic rings. The Hall–Kier alpha value is -2.06. The molecule has 1 saturated heterocycles. The van der Waals surface area contributed by atoms with Gasteiger partial charge in [-0.1, -0.05) is 42.1 Å². The first-order valence-corrected chi connectivity index (χ1v) is 12.5. The van der Waals surface area contributed by atoms with Crippen LogP contribution in [0.25, 0.3) is 22.2 Å². The van der Waals surface area contributed by atoms with Crippen molar-refractivity contribution in [3.63, 3.8) is 0 Å². The second kappa shape index (κ2) is 9.06. The highest BCUT2D eigenvalue weighted by Gasteiger charge is 2.16. The molecule has 4 heterocycles. The quantitative estimate of drug-likeness (QED) is 0.376. The van der Waals surface area contributed by atoms with Crippen LogP contribution in [-0.2, 0) is 6.54 Å². The lowest BCUT2D eigenvalue weighted by molar-refractivity contribution is 0.760. The summed E-state index contributed by atoms with van der Waals surface area (Å²) in [5.74, 6) is 2.24. The molecule has 164 valence electrons. The molecular weight excluding hydrogens is 483 g/mol. The number of nitrogens with zero attached hydrogens (tertiary/aromatic N) is 4. The Labute approximate surface area is 205 Å². The zero-order chi connectivity index (χ0) is 22.2. The van der Waals surface area contributed by atoms with Crippen LogP contribution >= 0.6 is 47.8 Å². The molecule has 5 rings (SSSR count). The van der Waals surface area contributed by atoms with Crippen molar-refractivity contribution in [3.05, 3.63) is 81.0 Å². The van der Waals surface area contributed by atoms with E-state index in [1.165, 1.54) is 0 Å². The van der Waals surface area contributed by atoms with E-state index in [0.29, 0.717) is 16.6 Å². The Balaban J connectivity index is 1.49. The molecule has 3 aromatic heterocycles. The van der Waals surface area contributed by atoms with Gasteiger partial charge in [-0.2, -0.15) is 11.8 Å². The van der Waals surface area contributed by atoms with Crippen molar-refractivity contribution in [2.75, 3.05) is 29.5 Å². The van der Waals surface area contributed by atoms with Crippen LogP contribution in [0.4, 0.5) is 5.69 Å². The molecule has 1 aliphatic rings. The molecule has 5 nitrogen and oxygen atoms in total. The third-order valence-electron chi connectivity index (χ3n) is 5.63. The number of aromatic nitrogens is 3. The third-order valence-corrected chi connectivity index (χ3v) is 7.62. The predicted molar refractivity (Wildman–Crippen MR) is 139 cm³/mol. The molecular formula is C23H20Cl2N4OS2. The maximum absolute atomic E-state index is 12.9. The third kappa shape index (κ3) is 4.27. The molecule has 1 aliphatic heterocycles. The maximum Gasteiger partial charge on any atom is 0.251 e. The summed E-state index contributed by atoms with van der Waals surface area (Å²) in [5, 5.41) is 1.96. The van der Waals surface area contributed by atoms with Gasteiger partial charge in [0, 0.05) is 54.0 Å². The van der Waals surface area contributed by atoms with E-state index in [9.17, 15) is 4.79 Å². The van der Waals surface area contributed by atoms with Gasteiger partial charge in [0.2, 0.25) is 0 Å². The van der Waals surface area contributed by atoms with E-state index in [4.69, 9.17) is 23.2 Å². The van der Waals surface area contributed by atoms with E-state index < -0.39 is 0 Å². The molecule has 0 spiro atoms. The summed E-state index contributed by atoms with van der Waals surface area (Å²) < 4.78 is 3.36. The van der Waals surface area contributed by atoms with Gasteiger partial charge in [-0.05, 0) is 35.4 Å². The number of fused-ring (bicyclic) bond motifs is 1. The Morgan fingerprint density at radius 1 is 1.06 bits per heavy atom. The zero-order valence-corrected chi connectivity index (χ0v) is 20.3. The van der Waals surface area contributed by atoms with E-state index in [2.05, 4.69) is 28.8 Å². The highest BCUT2D eigenvalue weighted by molar-refractivity contribution is 7.99. The number of hydrogen-bond acceptors (Lipinski definition) is 5. The summed E-state index contributed by atoms with van der Waals surface area (Å²) in [4.78, 5) is 19.9. The molecule has 0 amide bonds. The number of benzene rings is 1. The average molecular weight is 503 g/mol. The highest BCUT2D eigenvalue weighted by Crippen LogP contribution is 2.33. The van der Waals surface area contributed by atoms with Crippen LogP contribution in [0.1, 0.15) is 5.56 Å². The Kier molecular flexibility index (Phi) is 6.16. The Morgan fingerprint density at radius 3 is 2.62 bits per heavy atom. The fraction of sp³-hybridized carbons (Fsp3) is 0.217. The number of thiol groups is 1. The van der Waals surface area contributed by atoms with Crippen LogP contribution in [0, 0.1) is 0 Å². The molecule has 32 heavy (non-hydrogen) atoms.